The molecule has 0 aliphatic heterocycles. The van der Waals surface area contributed by atoms with Gasteiger partial charge in [-0.1, -0.05) is 29.8 Å². The van der Waals surface area contributed by atoms with Crippen LogP contribution in [0.15, 0.2) is 16.6 Å². The summed E-state index contributed by atoms with van der Waals surface area (Å²) in [6.45, 7) is 3.75. The summed E-state index contributed by atoms with van der Waals surface area (Å²) in [5.41, 5.74) is 0.910. The van der Waals surface area contributed by atoms with Crippen LogP contribution in [0, 0.1) is 21.4 Å². The average Bonchev–Trinajstić information content (AvgIpc) is 2.15. The fourth-order valence-corrected chi connectivity index (χ4v) is 2.30. The number of rotatable bonds is 2. The standard InChI is InChI=1S/C10H9BrN2O2/c1-6(2)10-8(11)3-7(5-12)4-9(10)13(14)15/h3-4,6H,1-2H3. The smallest absolute Gasteiger partial charge is 0.258 e. The maximum Gasteiger partial charge on any atom is 0.275 e. The van der Waals surface area contributed by atoms with E-state index in [2.05, 4.69) is 15.9 Å². The summed E-state index contributed by atoms with van der Waals surface area (Å²) in [5.74, 6) is 0.0347. The van der Waals surface area contributed by atoms with E-state index in [1.54, 1.807) is 6.07 Å². The maximum absolute atomic E-state index is 10.8. The number of nitro benzene ring substituents is 1. The van der Waals surface area contributed by atoms with Crippen molar-refractivity contribution in [1.82, 2.24) is 0 Å². The van der Waals surface area contributed by atoms with Crippen LogP contribution in [0.2, 0.25) is 0 Å². The molecule has 5 heteroatoms. The number of nitriles is 1. The molecule has 1 rings (SSSR count). The lowest BCUT2D eigenvalue weighted by Gasteiger charge is -2.09. The molecule has 0 aliphatic rings. The normalized spacial score (nSPS) is 10.1. The van der Waals surface area contributed by atoms with Crippen molar-refractivity contribution in [1.29, 1.82) is 5.26 Å². The second kappa shape index (κ2) is 4.41. The molecule has 0 aromatic heterocycles. The zero-order valence-electron chi connectivity index (χ0n) is 8.32. The first-order valence-corrected chi connectivity index (χ1v) is 5.14. The molecular formula is C10H9BrN2O2. The Morgan fingerprint density at radius 2 is 2.13 bits per heavy atom. The van der Waals surface area contributed by atoms with Crippen molar-refractivity contribution in [2.24, 2.45) is 0 Å². The van der Waals surface area contributed by atoms with Crippen LogP contribution in [0.3, 0.4) is 0 Å². The molecule has 0 saturated heterocycles. The van der Waals surface area contributed by atoms with Crippen LogP contribution in [0.1, 0.15) is 30.9 Å². The summed E-state index contributed by atoms with van der Waals surface area (Å²) in [6.07, 6.45) is 0. The molecule has 0 bridgehead atoms. The molecule has 0 fully saturated rings. The zero-order chi connectivity index (χ0) is 11.6. The summed E-state index contributed by atoms with van der Waals surface area (Å²) in [4.78, 5) is 10.4. The second-order valence-corrected chi connectivity index (χ2v) is 4.27. The van der Waals surface area contributed by atoms with Gasteiger partial charge < -0.3 is 0 Å². The van der Waals surface area contributed by atoms with Gasteiger partial charge in [-0.05, 0) is 12.0 Å². The Balaban J connectivity index is 3.51. The number of halogens is 1. The van der Waals surface area contributed by atoms with Crippen LogP contribution in [0.25, 0.3) is 0 Å². The SMILES string of the molecule is CC(C)c1c(Br)cc(C#N)cc1[N+](=O)[O-]. The quantitative estimate of drug-likeness (QED) is 0.610. The summed E-state index contributed by atoms with van der Waals surface area (Å²) in [7, 11) is 0. The number of nitro groups is 1. The van der Waals surface area contributed by atoms with Gasteiger partial charge in [-0.15, -0.1) is 0 Å². The van der Waals surface area contributed by atoms with E-state index in [1.807, 2.05) is 19.9 Å². The Hall–Kier alpha value is -1.41. The van der Waals surface area contributed by atoms with E-state index in [9.17, 15) is 10.1 Å². The highest BCUT2D eigenvalue weighted by molar-refractivity contribution is 9.10. The van der Waals surface area contributed by atoms with Crippen molar-refractivity contribution < 1.29 is 4.92 Å². The molecule has 0 aliphatic carbocycles. The molecule has 0 N–H and O–H groups in total. The van der Waals surface area contributed by atoms with Gasteiger partial charge in [-0.3, -0.25) is 10.1 Å². The molecule has 0 unspecified atom stereocenters. The Morgan fingerprint density at radius 1 is 1.53 bits per heavy atom. The van der Waals surface area contributed by atoms with E-state index in [0.717, 1.165) is 0 Å². The highest BCUT2D eigenvalue weighted by Crippen LogP contribution is 2.34. The van der Waals surface area contributed by atoms with Crippen molar-refractivity contribution >= 4 is 21.6 Å². The van der Waals surface area contributed by atoms with E-state index in [-0.39, 0.29) is 17.2 Å². The van der Waals surface area contributed by atoms with E-state index in [4.69, 9.17) is 5.26 Å². The van der Waals surface area contributed by atoms with Gasteiger partial charge >= 0.3 is 0 Å². The molecule has 0 heterocycles. The second-order valence-electron chi connectivity index (χ2n) is 3.41. The molecule has 15 heavy (non-hydrogen) atoms. The Bertz CT molecular complexity index is 449. The predicted octanol–water partition coefficient (Wildman–Crippen LogP) is 3.35. The Labute approximate surface area is 95.8 Å². The van der Waals surface area contributed by atoms with Crippen LogP contribution in [-0.4, -0.2) is 4.92 Å². The Kier molecular flexibility index (Phi) is 3.43. The van der Waals surface area contributed by atoms with Gasteiger partial charge in [0.05, 0.1) is 16.6 Å². The summed E-state index contributed by atoms with van der Waals surface area (Å²) in [5, 5.41) is 19.5. The first-order chi connectivity index (χ1) is 6.97. The van der Waals surface area contributed by atoms with Gasteiger partial charge in [0.15, 0.2) is 0 Å². The maximum atomic E-state index is 10.8. The largest absolute Gasteiger partial charge is 0.275 e. The topological polar surface area (TPSA) is 66.9 Å². The highest BCUT2D eigenvalue weighted by atomic mass is 79.9. The van der Waals surface area contributed by atoms with E-state index >= 15 is 0 Å². The zero-order valence-corrected chi connectivity index (χ0v) is 9.91. The van der Waals surface area contributed by atoms with Crippen molar-refractivity contribution in [2.75, 3.05) is 0 Å². The third-order valence-electron chi connectivity index (χ3n) is 2.01. The van der Waals surface area contributed by atoms with Gasteiger partial charge in [0.2, 0.25) is 0 Å². The highest BCUT2D eigenvalue weighted by Gasteiger charge is 2.20. The lowest BCUT2D eigenvalue weighted by Crippen LogP contribution is -1.99. The van der Waals surface area contributed by atoms with Gasteiger partial charge in [-0.25, -0.2) is 0 Å². The predicted molar refractivity (Wildman–Crippen MR) is 59.6 cm³/mol. The molecule has 0 saturated carbocycles. The first-order valence-electron chi connectivity index (χ1n) is 4.35. The third kappa shape index (κ3) is 2.34. The Morgan fingerprint density at radius 3 is 2.53 bits per heavy atom. The number of hydrogen-bond donors (Lipinski definition) is 0. The van der Waals surface area contributed by atoms with Crippen molar-refractivity contribution in [3.63, 3.8) is 0 Å². The minimum Gasteiger partial charge on any atom is -0.258 e. The summed E-state index contributed by atoms with van der Waals surface area (Å²) < 4.78 is 0.614. The van der Waals surface area contributed by atoms with Crippen LogP contribution in [0.5, 0.6) is 0 Å². The average molecular weight is 269 g/mol. The molecule has 4 nitrogen and oxygen atoms in total. The van der Waals surface area contributed by atoms with E-state index in [0.29, 0.717) is 10.0 Å². The fourth-order valence-electron chi connectivity index (χ4n) is 1.39. The lowest BCUT2D eigenvalue weighted by atomic mass is 9.99. The van der Waals surface area contributed by atoms with Gasteiger partial charge in [-0.2, -0.15) is 5.26 Å². The minimum absolute atomic E-state index is 0.00377. The van der Waals surface area contributed by atoms with Gasteiger partial charge in [0.1, 0.15) is 0 Å². The number of benzene rings is 1. The number of hydrogen-bond acceptors (Lipinski definition) is 3. The van der Waals surface area contributed by atoms with Crippen LogP contribution >= 0.6 is 15.9 Å². The first kappa shape index (κ1) is 11.7. The molecule has 0 radical (unpaired) electrons. The minimum atomic E-state index is -0.457. The molecule has 0 spiro atoms. The van der Waals surface area contributed by atoms with Crippen molar-refractivity contribution in [3.8, 4) is 6.07 Å². The lowest BCUT2D eigenvalue weighted by molar-refractivity contribution is -0.385. The molecule has 78 valence electrons. The van der Waals surface area contributed by atoms with Crippen molar-refractivity contribution in [2.45, 2.75) is 19.8 Å². The molecular weight excluding hydrogens is 260 g/mol. The molecule has 0 amide bonds. The van der Waals surface area contributed by atoms with Crippen LogP contribution in [0.4, 0.5) is 5.69 Å². The number of nitrogens with zero attached hydrogens (tertiary/aromatic N) is 2. The third-order valence-corrected chi connectivity index (χ3v) is 2.67. The molecule has 0 atom stereocenters. The molecule has 1 aromatic rings. The van der Waals surface area contributed by atoms with Gasteiger partial charge in [0, 0.05) is 16.1 Å². The van der Waals surface area contributed by atoms with Crippen molar-refractivity contribution in [3.05, 3.63) is 37.8 Å². The van der Waals surface area contributed by atoms with Gasteiger partial charge in [0.25, 0.3) is 5.69 Å². The molecule has 1 aromatic carbocycles. The van der Waals surface area contributed by atoms with Crippen LogP contribution in [-0.2, 0) is 0 Å². The van der Waals surface area contributed by atoms with Crippen LogP contribution < -0.4 is 0 Å². The fraction of sp³-hybridized carbons (Fsp3) is 0.300. The summed E-state index contributed by atoms with van der Waals surface area (Å²) >= 11 is 3.25. The summed E-state index contributed by atoms with van der Waals surface area (Å²) in [6, 6.07) is 4.80. The van der Waals surface area contributed by atoms with E-state index in [1.165, 1.54) is 6.07 Å². The van der Waals surface area contributed by atoms with E-state index < -0.39 is 4.92 Å². The monoisotopic (exact) mass is 268 g/mol.